The maximum absolute atomic E-state index is 14.0. The molecule has 0 spiro atoms. The zero-order chi connectivity index (χ0) is 30.1. The van der Waals surface area contributed by atoms with Crippen LogP contribution in [0.25, 0.3) is 10.1 Å². The molecule has 3 aliphatic heterocycles. The Kier molecular flexibility index (Phi) is 8.71. The number of allylic oxidation sites excluding steroid dienone is 1. The lowest BCUT2D eigenvalue weighted by Crippen LogP contribution is -2.56. The summed E-state index contributed by atoms with van der Waals surface area (Å²) in [7, 11) is 2.86. The van der Waals surface area contributed by atoms with Gasteiger partial charge in [0, 0.05) is 48.6 Å². The number of hydrogen-bond donors (Lipinski definition) is 1. The van der Waals surface area contributed by atoms with Gasteiger partial charge >= 0.3 is 12.1 Å². The molecule has 2 amide bonds. The van der Waals surface area contributed by atoms with E-state index in [1.54, 1.807) is 11.0 Å². The fraction of sp³-hybridized carbons (Fsp3) is 0.516. The number of hydrogen-bond acceptors (Lipinski definition) is 9. The lowest BCUT2D eigenvalue weighted by molar-refractivity contribution is -0.225. The van der Waals surface area contributed by atoms with Crippen LogP contribution >= 0.6 is 11.3 Å². The highest BCUT2D eigenvalue weighted by Gasteiger charge is 2.48. The van der Waals surface area contributed by atoms with Gasteiger partial charge in [-0.1, -0.05) is 18.2 Å². The van der Waals surface area contributed by atoms with E-state index in [0.29, 0.717) is 47.8 Å². The number of amides is 2. The standard InChI is InChI=1S/C31H36N2O9S/c1-38-23-15-19-22(16-24(23)41-17-20-18-9-3-4-11-25(18)43-27(20)30(35)39-2)33(31(36)37)29(42-26-12-6-8-14-40-26)21-10-5-7-13-32(21)28(19)34/h3-4,9,11,16,21,23,26,29H,5-8,10,12-15,17H2,1-2H3,(H,36,37)/t21-,23?,26?,29?/m0/s1. The van der Waals surface area contributed by atoms with E-state index in [0.717, 1.165) is 35.8 Å². The van der Waals surface area contributed by atoms with Crippen LogP contribution in [0, 0.1) is 0 Å². The fourth-order valence-electron chi connectivity index (χ4n) is 6.43. The van der Waals surface area contributed by atoms with Gasteiger partial charge in [0.15, 0.2) is 12.5 Å². The number of methoxy groups -OCH3 is 2. The van der Waals surface area contributed by atoms with Crippen molar-refractivity contribution in [2.45, 2.75) is 76.2 Å². The summed E-state index contributed by atoms with van der Waals surface area (Å²) in [5.74, 6) is -0.312. The maximum Gasteiger partial charge on any atom is 0.414 e. The first-order valence-electron chi connectivity index (χ1n) is 14.7. The van der Waals surface area contributed by atoms with Crippen molar-refractivity contribution in [1.82, 2.24) is 9.80 Å². The van der Waals surface area contributed by atoms with E-state index in [1.807, 2.05) is 24.3 Å². The first kappa shape index (κ1) is 29.6. The molecule has 6 rings (SSSR count). The third kappa shape index (κ3) is 5.64. The van der Waals surface area contributed by atoms with Crippen molar-refractivity contribution in [2.75, 3.05) is 27.4 Å². The van der Waals surface area contributed by atoms with Crippen LogP contribution < -0.4 is 0 Å². The van der Waals surface area contributed by atoms with Gasteiger partial charge < -0.3 is 33.7 Å². The number of fused-ring (bicyclic) bond motifs is 2. The van der Waals surface area contributed by atoms with Crippen molar-refractivity contribution < 1.29 is 43.2 Å². The lowest BCUT2D eigenvalue weighted by Gasteiger charge is -2.42. The Bertz CT molecular complexity index is 1460. The third-order valence-electron chi connectivity index (χ3n) is 8.58. The zero-order valence-electron chi connectivity index (χ0n) is 24.3. The third-order valence-corrected chi connectivity index (χ3v) is 9.77. The minimum Gasteiger partial charge on any atom is -0.490 e. The molecule has 12 heteroatoms. The van der Waals surface area contributed by atoms with Crippen molar-refractivity contribution in [2.24, 2.45) is 0 Å². The average molecular weight is 613 g/mol. The molecule has 2 fully saturated rings. The van der Waals surface area contributed by atoms with Crippen molar-refractivity contribution in [1.29, 1.82) is 0 Å². The van der Waals surface area contributed by atoms with Gasteiger partial charge in [0.25, 0.3) is 5.91 Å². The van der Waals surface area contributed by atoms with E-state index in [2.05, 4.69) is 0 Å². The van der Waals surface area contributed by atoms with Crippen LogP contribution in [0.15, 0.2) is 47.4 Å². The molecule has 4 aliphatic rings. The Balaban J connectivity index is 1.38. The molecule has 1 aromatic carbocycles. The first-order chi connectivity index (χ1) is 20.9. The largest absolute Gasteiger partial charge is 0.490 e. The summed E-state index contributed by atoms with van der Waals surface area (Å²) in [5, 5.41) is 11.5. The quantitative estimate of drug-likeness (QED) is 0.430. The van der Waals surface area contributed by atoms with Gasteiger partial charge in [-0.05, 0) is 50.0 Å². The van der Waals surface area contributed by atoms with Gasteiger partial charge in [-0.15, -0.1) is 11.3 Å². The molecule has 43 heavy (non-hydrogen) atoms. The van der Waals surface area contributed by atoms with E-state index in [1.165, 1.54) is 30.5 Å². The molecule has 1 N–H and O–H groups in total. The van der Waals surface area contributed by atoms with Gasteiger partial charge in [0.2, 0.25) is 0 Å². The van der Waals surface area contributed by atoms with Crippen LogP contribution in [0.3, 0.4) is 0 Å². The number of carboxylic acid groups (broad SMARTS) is 1. The number of piperidine rings is 1. The van der Waals surface area contributed by atoms with E-state index in [-0.39, 0.29) is 24.6 Å². The molecular formula is C31H36N2O9S. The molecule has 4 heterocycles. The molecule has 1 aliphatic carbocycles. The molecule has 1 aromatic heterocycles. The Morgan fingerprint density at radius 3 is 2.67 bits per heavy atom. The summed E-state index contributed by atoms with van der Waals surface area (Å²) >= 11 is 1.32. The van der Waals surface area contributed by atoms with Crippen LogP contribution in [0.1, 0.15) is 60.2 Å². The predicted molar refractivity (Wildman–Crippen MR) is 156 cm³/mol. The highest BCUT2D eigenvalue weighted by Crippen LogP contribution is 2.40. The van der Waals surface area contributed by atoms with Gasteiger partial charge in [-0.3, -0.25) is 4.79 Å². The van der Waals surface area contributed by atoms with Crippen LogP contribution in [0.4, 0.5) is 4.79 Å². The van der Waals surface area contributed by atoms with Crippen molar-refractivity contribution >= 4 is 39.4 Å². The van der Waals surface area contributed by atoms with E-state index in [4.69, 9.17) is 23.7 Å². The second-order valence-corrected chi connectivity index (χ2v) is 12.1. The van der Waals surface area contributed by atoms with Crippen molar-refractivity contribution in [3.63, 3.8) is 0 Å². The fourth-order valence-corrected chi connectivity index (χ4v) is 7.56. The minimum atomic E-state index is -1.23. The lowest BCUT2D eigenvalue weighted by atomic mass is 9.95. The highest BCUT2D eigenvalue weighted by atomic mass is 32.1. The number of carbonyl (C=O) groups is 3. The molecular weight excluding hydrogens is 576 g/mol. The molecule has 2 aromatic rings. The molecule has 2 saturated heterocycles. The number of carbonyl (C=O) groups excluding carboxylic acids is 2. The Labute approximate surface area is 253 Å². The van der Waals surface area contributed by atoms with Crippen molar-refractivity contribution in [3.05, 3.63) is 57.8 Å². The number of thiophene rings is 1. The number of rotatable bonds is 7. The van der Waals surface area contributed by atoms with Gasteiger partial charge in [-0.25, -0.2) is 14.5 Å². The molecule has 230 valence electrons. The maximum atomic E-state index is 14.0. The topological polar surface area (TPSA) is 124 Å². The van der Waals surface area contributed by atoms with Gasteiger partial charge in [0.1, 0.15) is 23.3 Å². The second kappa shape index (κ2) is 12.7. The number of ether oxygens (including phenoxy) is 5. The van der Waals surface area contributed by atoms with Gasteiger partial charge in [-0.2, -0.15) is 0 Å². The average Bonchev–Trinajstić information content (AvgIpc) is 3.37. The summed E-state index contributed by atoms with van der Waals surface area (Å²) in [4.78, 5) is 43.0. The summed E-state index contributed by atoms with van der Waals surface area (Å²) < 4.78 is 30.3. The van der Waals surface area contributed by atoms with Crippen LogP contribution in [-0.4, -0.2) is 84.9 Å². The zero-order valence-corrected chi connectivity index (χ0v) is 25.1. The Morgan fingerprint density at radius 2 is 1.93 bits per heavy atom. The number of esters is 1. The van der Waals surface area contributed by atoms with Gasteiger partial charge in [0.05, 0.1) is 18.8 Å². The smallest absolute Gasteiger partial charge is 0.414 e. The van der Waals surface area contributed by atoms with Crippen LogP contribution in [-0.2, 0) is 35.1 Å². The molecule has 0 saturated carbocycles. The van der Waals surface area contributed by atoms with E-state index >= 15 is 0 Å². The summed E-state index contributed by atoms with van der Waals surface area (Å²) in [6, 6.07) is 7.19. The number of benzene rings is 1. The van der Waals surface area contributed by atoms with E-state index < -0.39 is 36.7 Å². The monoisotopic (exact) mass is 612 g/mol. The molecule has 3 unspecified atom stereocenters. The number of nitrogens with zero attached hydrogens (tertiary/aromatic N) is 2. The van der Waals surface area contributed by atoms with E-state index in [9.17, 15) is 19.5 Å². The Morgan fingerprint density at radius 1 is 1.12 bits per heavy atom. The predicted octanol–water partition coefficient (Wildman–Crippen LogP) is 5.01. The first-order valence-corrected chi connectivity index (χ1v) is 15.5. The summed E-state index contributed by atoms with van der Waals surface area (Å²) in [5.41, 5.74) is 1.24. The molecule has 11 nitrogen and oxygen atoms in total. The Hall–Kier alpha value is -3.45. The SMILES string of the molecule is COC(=O)c1sc2ccccc2c1COC1=CC2=C(CC1OC)C(=O)N1CCCC[C@H]1C(OC1CCCCO1)N2C(=O)O. The van der Waals surface area contributed by atoms with Crippen LogP contribution in [0.5, 0.6) is 0 Å². The second-order valence-electron chi connectivity index (χ2n) is 11.1. The molecule has 0 bridgehead atoms. The molecule has 0 radical (unpaired) electrons. The summed E-state index contributed by atoms with van der Waals surface area (Å²) in [6.45, 7) is 1.09. The summed E-state index contributed by atoms with van der Waals surface area (Å²) in [6.07, 6.45) is 3.18. The highest BCUT2D eigenvalue weighted by molar-refractivity contribution is 7.21. The normalized spacial score (nSPS) is 26.0. The van der Waals surface area contributed by atoms with Crippen molar-refractivity contribution in [3.8, 4) is 0 Å². The van der Waals surface area contributed by atoms with Crippen LogP contribution in [0.2, 0.25) is 0 Å². The molecule has 4 atom stereocenters. The minimum absolute atomic E-state index is 0.0222.